The molecule has 0 spiro atoms. The number of aromatic carboxylic acids is 1. The molecule has 0 atom stereocenters. The Morgan fingerprint density at radius 2 is 1.65 bits per heavy atom. The van der Waals surface area contributed by atoms with Crippen LogP contribution in [-0.2, 0) is 5.54 Å². The summed E-state index contributed by atoms with van der Waals surface area (Å²) in [4.78, 5) is 11.4. The lowest BCUT2D eigenvalue weighted by molar-refractivity contribution is -0.0446. The topological polar surface area (TPSA) is 42.2 Å². The van der Waals surface area contributed by atoms with E-state index in [0.717, 1.165) is 29.1 Å². The molecule has 4 aliphatic carbocycles. The Hall–Kier alpha value is -1.25. The van der Waals surface area contributed by atoms with E-state index >= 15 is 0 Å². The van der Waals surface area contributed by atoms with Gasteiger partial charge in [0.2, 0.25) is 0 Å². The van der Waals surface area contributed by atoms with Crippen molar-refractivity contribution >= 4 is 5.97 Å². The summed E-state index contributed by atoms with van der Waals surface area (Å²) in [7, 11) is 0. The van der Waals surface area contributed by atoms with Crippen LogP contribution < -0.4 is 0 Å². The van der Waals surface area contributed by atoms with E-state index in [0.29, 0.717) is 5.56 Å². The van der Waals surface area contributed by atoms with Gasteiger partial charge in [0.15, 0.2) is 0 Å². The zero-order valence-corrected chi connectivity index (χ0v) is 12.4. The number of rotatable bonds is 2. The van der Waals surface area contributed by atoms with Crippen molar-refractivity contribution in [2.24, 2.45) is 17.8 Å². The molecule has 3 heteroatoms. The van der Waals surface area contributed by atoms with E-state index in [4.69, 9.17) is 0 Å². The third kappa shape index (κ3) is 1.55. The summed E-state index contributed by atoms with van der Waals surface area (Å²) in [5.41, 5.74) is 2.84. The minimum atomic E-state index is -0.783. The summed E-state index contributed by atoms with van der Waals surface area (Å²) in [6, 6.07) is 1.87. The van der Waals surface area contributed by atoms with Crippen LogP contribution in [0.25, 0.3) is 0 Å². The predicted octanol–water partition coefficient (Wildman–Crippen LogP) is 3.73. The molecule has 4 aliphatic rings. The molecule has 1 aromatic heterocycles. The fraction of sp³-hybridized carbons (Fsp3) is 0.706. The highest BCUT2D eigenvalue weighted by Gasteiger charge is 2.52. The largest absolute Gasteiger partial charge is 0.478 e. The standard InChI is InChI=1S/C17H23NO2/c1-10-3-15(16(19)20)11(2)18(10)17-7-12-4-13(8-17)6-14(5-12)9-17/h3,12-14H,4-9H2,1-2H3,(H,19,20). The molecular weight excluding hydrogens is 250 g/mol. The Morgan fingerprint density at radius 1 is 1.15 bits per heavy atom. The lowest BCUT2D eigenvalue weighted by atomic mass is 9.53. The number of hydrogen-bond donors (Lipinski definition) is 1. The molecule has 0 aliphatic heterocycles. The van der Waals surface area contributed by atoms with Crippen LogP contribution in [0, 0.1) is 31.6 Å². The maximum atomic E-state index is 11.4. The van der Waals surface area contributed by atoms with Gasteiger partial charge in [0.05, 0.1) is 5.56 Å². The molecule has 1 N–H and O–H groups in total. The molecule has 4 bridgehead atoms. The molecule has 3 nitrogen and oxygen atoms in total. The third-order valence-electron chi connectivity index (χ3n) is 6.14. The first-order chi connectivity index (χ1) is 9.48. The van der Waals surface area contributed by atoms with Crippen LogP contribution in [0.3, 0.4) is 0 Å². The van der Waals surface area contributed by atoms with Crippen LogP contribution in [-0.4, -0.2) is 15.6 Å². The smallest absolute Gasteiger partial charge is 0.337 e. The second kappa shape index (κ2) is 3.90. The van der Waals surface area contributed by atoms with Gasteiger partial charge in [-0.1, -0.05) is 0 Å². The van der Waals surface area contributed by atoms with Crippen LogP contribution in [0.15, 0.2) is 6.07 Å². The Kier molecular flexibility index (Phi) is 2.43. The Bertz CT molecular complexity index is 549. The number of aryl methyl sites for hydroxylation is 1. The van der Waals surface area contributed by atoms with Crippen molar-refractivity contribution in [1.29, 1.82) is 0 Å². The first-order valence-electron chi connectivity index (χ1n) is 7.91. The molecule has 0 amide bonds. The SMILES string of the molecule is Cc1cc(C(=O)O)c(C)n1C12CC3CC(CC(C3)C1)C2. The van der Waals surface area contributed by atoms with Gasteiger partial charge in [-0.15, -0.1) is 0 Å². The minimum Gasteiger partial charge on any atom is -0.478 e. The summed E-state index contributed by atoms with van der Waals surface area (Å²) in [5, 5.41) is 9.37. The molecule has 5 rings (SSSR count). The highest BCUT2D eigenvalue weighted by molar-refractivity contribution is 5.89. The normalized spacial score (nSPS) is 38.4. The minimum absolute atomic E-state index is 0.233. The molecule has 0 unspecified atom stereocenters. The van der Waals surface area contributed by atoms with Crippen molar-refractivity contribution in [3.63, 3.8) is 0 Å². The van der Waals surface area contributed by atoms with E-state index in [2.05, 4.69) is 11.5 Å². The first-order valence-corrected chi connectivity index (χ1v) is 7.91. The monoisotopic (exact) mass is 273 g/mol. The molecule has 4 fully saturated rings. The van der Waals surface area contributed by atoms with Gasteiger partial charge in [-0.05, 0) is 76.2 Å². The van der Waals surface area contributed by atoms with Gasteiger partial charge in [0.1, 0.15) is 0 Å². The van der Waals surface area contributed by atoms with Gasteiger partial charge in [-0.2, -0.15) is 0 Å². The van der Waals surface area contributed by atoms with Crippen molar-refractivity contribution in [3.8, 4) is 0 Å². The van der Waals surface area contributed by atoms with Crippen molar-refractivity contribution in [2.75, 3.05) is 0 Å². The van der Waals surface area contributed by atoms with Crippen molar-refractivity contribution in [2.45, 2.75) is 57.9 Å². The van der Waals surface area contributed by atoms with Gasteiger partial charge in [-0.25, -0.2) is 4.79 Å². The molecule has 1 aromatic rings. The summed E-state index contributed by atoms with van der Waals surface area (Å²) in [5.74, 6) is 1.87. The lowest BCUT2D eigenvalue weighted by Crippen LogP contribution is -2.52. The van der Waals surface area contributed by atoms with Gasteiger partial charge < -0.3 is 9.67 Å². The van der Waals surface area contributed by atoms with Crippen LogP contribution in [0.5, 0.6) is 0 Å². The van der Waals surface area contributed by atoms with E-state index in [1.54, 1.807) is 0 Å². The zero-order chi connectivity index (χ0) is 14.1. The lowest BCUT2D eigenvalue weighted by Gasteiger charge is -2.58. The summed E-state index contributed by atoms with van der Waals surface area (Å²) >= 11 is 0. The number of carboxylic acids is 1. The number of carbonyl (C=O) groups is 1. The highest BCUT2D eigenvalue weighted by atomic mass is 16.4. The molecule has 0 saturated heterocycles. The molecular formula is C17H23NO2. The number of nitrogens with zero attached hydrogens (tertiary/aromatic N) is 1. The Morgan fingerprint density at radius 3 is 2.05 bits per heavy atom. The van der Waals surface area contributed by atoms with Gasteiger partial charge >= 0.3 is 5.97 Å². The maximum absolute atomic E-state index is 11.4. The fourth-order valence-electron chi connectivity index (χ4n) is 6.05. The molecule has 20 heavy (non-hydrogen) atoms. The number of aromatic nitrogens is 1. The van der Waals surface area contributed by atoms with Crippen LogP contribution >= 0.6 is 0 Å². The number of hydrogen-bond acceptors (Lipinski definition) is 1. The van der Waals surface area contributed by atoms with E-state index in [-0.39, 0.29) is 5.54 Å². The van der Waals surface area contributed by atoms with Gasteiger partial charge in [0, 0.05) is 16.9 Å². The van der Waals surface area contributed by atoms with Gasteiger partial charge in [-0.3, -0.25) is 0 Å². The van der Waals surface area contributed by atoms with E-state index in [9.17, 15) is 9.90 Å². The van der Waals surface area contributed by atoms with E-state index in [1.807, 2.05) is 13.0 Å². The summed E-state index contributed by atoms with van der Waals surface area (Å²) < 4.78 is 2.40. The van der Waals surface area contributed by atoms with Crippen LogP contribution in [0.2, 0.25) is 0 Å². The molecule has 1 heterocycles. The molecule has 108 valence electrons. The van der Waals surface area contributed by atoms with Crippen molar-refractivity contribution in [1.82, 2.24) is 4.57 Å². The predicted molar refractivity (Wildman–Crippen MR) is 77.0 cm³/mol. The average molecular weight is 273 g/mol. The maximum Gasteiger partial charge on any atom is 0.337 e. The van der Waals surface area contributed by atoms with Crippen molar-refractivity contribution < 1.29 is 9.90 Å². The summed E-state index contributed by atoms with van der Waals surface area (Å²) in [6.45, 7) is 4.08. The highest BCUT2D eigenvalue weighted by Crippen LogP contribution is 2.59. The second-order valence-electron chi connectivity index (χ2n) is 7.57. The molecule has 0 radical (unpaired) electrons. The third-order valence-corrected chi connectivity index (χ3v) is 6.14. The first kappa shape index (κ1) is 12.5. The second-order valence-corrected chi connectivity index (χ2v) is 7.57. The Labute approximate surface area is 120 Å². The molecule has 0 aromatic carbocycles. The average Bonchev–Trinajstić information content (AvgIpc) is 2.63. The van der Waals surface area contributed by atoms with Crippen LogP contribution in [0.1, 0.15) is 60.3 Å². The van der Waals surface area contributed by atoms with Crippen LogP contribution in [0.4, 0.5) is 0 Å². The van der Waals surface area contributed by atoms with E-state index < -0.39 is 5.97 Å². The quantitative estimate of drug-likeness (QED) is 0.892. The fourth-order valence-corrected chi connectivity index (χ4v) is 6.05. The van der Waals surface area contributed by atoms with Gasteiger partial charge in [0.25, 0.3) is 0 Å². The zero-order valence-electron chi connectivity index (χ0n) is 12.4. The van der Waals surface area contributed by atoms with E-state index in [1.165, 1.54) is 38.5 Å². The molecule has 4 saturated carbocycles. The number of carboxylic acid groups (broad SMARTS) is 1. The summed E-state index contributed by atoms with van der Waals surface area (Å²) in [6.07, 6.45) is 8.08. The van der Waals surface area contributed by atoms with Crippen molar-refractivity contribution in [3.05, 3.63) is 23.0 Å². The Balaban J connectivity index is 1.83.